The molecule has 3 aliphatic rings. The maximum absolute atomic E-state index is 14.0. The topological polar surface area (TPSA) is 161 Å². The first kappa shape index (κ1) is 27.6. The van der Waals surface area contributed by atoms with E-state index in [1.807, 2.05) is 24.3 Å². The molecule has 40 heavy (non-hydrogen) atoms. The average Bonchev–Trinajstić information content (AvgIpc) is 2.85. The Hall–Kier alpha value is -3.95. The minimum atomic E-state index is -2.65. The van der Waals surface area contributed by atoms with Crippen LogP contribution in [0.15, 0.2) is 53.3 Å². The molecule has 1 amide bonds. The van der Waals surface area contributed by atoms with Gasteiger partial charge in [0.15, 0.2) is 11.4 Å². The summed E-state index contributed by atoms with van der Waals surface area (Å²) in [4.78, 5) is 40.8. The number of phenols is 1. The molecule has 2 aromatic carbocycles. The van der Waals surface area contributed by atoms with Gasteiger partial charge in [0.25, 0.3) is 5.91 Å². The highest BCUT2D eigenvalue weighted by atomic mass is 16.3. The van der Waals surface area contributed by atoms with Crippen LogP contribution in [0.4, 0.5) is 0 Å². The van der Waals surface area contributed by atoms with Crippen molar-refractivity contribution in [3.63, 3.8) is 0 Å². The minimum absolute atomic E-state index is 0.0448. The zero-order chi connectivity index (χ0) is 29.5. The van der Waals surface area contributed by atoms with Gasteiger partial charge in [-0.1, -0.05) is 51.1 Å². The lowest BCUT2D eigenvalue weighted by molar-refractivity contribution is -0.153. The molecular weight excluding hydrogens is 512 g/mol. The summed E-state index contributed by atoms with van der Waals surface area (Å²) in [5.74, 6) is -6.63. The molecule has 0 saturated heterocycles. The van der Waals surface area contributed by atoms with Crippen LogP contribution in [0.3, 0.4) is 0 Å². The third-order valence-corrected chi connectivity index (χ3v) is 8.67. The number of Topliss-reactive ketones (excluding diaryl/α,β-unsaturated/α-hetero) is 2. The molecule has 210 valence electrons. The summed E-state index contributed by atoms with van der Waals surface area (Å²) in [6.07, 6.45) is 0.281. The maximum atomic E-state index is 14.0. The number of carbonyl (C=O) groups excluding carboxylic acids is 3. The number of carbonyl (C=O) groups is 3. The predicted octanol–water partition coefficient (Wildman–Crippen LogP) is 2.93. The van der Waals surface area contributed by atoms with Gasteiger partial charge >= 0.3 is 0 Å². The van der Waals surface area contributed by atoms with Crippen LogP contribution in [0.5, 0.6) is 5.75 Å². The summed E-state index contributed by atoms with van der Waals surface area (Å²) in [6, 6.07) is 10.1. The zero-order valence-corrected chi connectivity index (χ0v) is 23.1. The third kappa shape index (κ3) is 3.79. The largest absolute Gasteiger partial charge is 0.508 e. The molecule has 6 N–H and O–H groups in total. The number of hydrogen-bond acceptors (Lipinski definition) is 8. The Balaban J connectivity index is 1.70. The van der Waals surface area contributed by atoms with Crippen molar-refractivity contribution in [3.8, 4) is 16.9 Å². The third-order valence-electron chi connectivity index (χ3n) is 8.67. The zero-order valence-electron chi connectivity index (χ0n) is 23.1. The molecule has 4 atom stereocenters. The number of aliphatic hydroxyl groups excluding tert-OH is 2. The van der Waals surface area contributed by atoms with Gasteiger partial charge in [-0.3, -0.25) is 19.3 Å². The number of nitrogens with two attached hydrogens (primary N) is 1. The van der Waals surface area contributed by atoms with Crippen LogP contribution in [0.1, 0.15) is 43.9 Å². The molecule has 3 aliphatic carbocycles. The van der Waals surface area contributed by atoms with Crippen LogP contribution < -0.4 is 5.73 Å². The number of rotatable bonds is 3. The van der Waals surface area contributed by atoms with Crippen molar-refractivity contribution in [2.75, 3.05) is 14.1 Å². The molecular formula is C31H34N2O7. The smallest absolute Gasteiger partial charge is 0.255 e. The fourth-order valence-electron chi connectivity index (χ4n) is 6.66. The van der Waals surface area contributed by atoms with Crippen LogP contribution in [0.25, 0.3) is 16.9 Å². The first-order valence-corrected chi connectivity index (χ1v) is 13.2. The van der Waals surface area contributed by atoms with Crippen molar-refractivity contribution in [2.45, 2.75) is 50.7 Å². The predicted molar refractivity (Wildman–Crippen MR) is 148 cm³/mol. The second-order valence-corrected chi connectivity index (χ2v) is 12.3. The second-order valence-electron chi connectivity index (χ2n) is 12.3. The highest BCUT2D eigenvalue weighted by molar-refractivity contribution is 6.24. The van der Waals surface area contributed by atoms with E-state index in [0.29, 0.717) is 5.56 Å². The van der Waals surface area contributed by atoms with Crippen LogP contribution >= 0.6 is 0 Å². The molecule has 0 heterocycles. The van der Waals surface area contributed by atoms with E-state index in [9.17, 15) is 34.8 Å². The monoisotopic (exact) mass is 546 g/mol. The Morgan fingerprint density at radius 3 is 2.20 bits per heavy atom. The van der Waals surface area contributed by atoms with Crippen molar-refractivity contribution in [2.24, 2.45) is 17.6 Å². The maximum Gasteiger partial charge on any atom is 0.255 e. The van der Waals surface area contributed by atoms with Gasteiger partial charge in [0.2, 0.25) is 5.78 Å². The molecule has 1 saturated carbocycles. The van der Waals surface area contributed by atoms with Gasteiger partial charge in [0.1, 0.15) is 22.8 Å². The van der Waals surface area contributed by atoms with Gasteiger partial charge in [-0.15, -0.1) is 0 Å². The molecule has 0 bridgehead atoms. The van der Waals surface area contributed by atoms with Gasteiger partial charge < -0.3 is 26.2 Å². The average molecular weight is 547 g/mol. The number of phenolic OH excluding ortho intramolecular Hbond substituents is 1. The summed E-state index contributed by atoms with van der Waals surface area (Å²) in [7, 11) is 3.15. The van der Waals surface area contributed by atoms with E-state index >= 15 is 0 Å². The Morgan fingerprint density at radius 1 is 1.02 bits per heavy atom. The lowest BCUT2D eigenvalue weighted by Gasteiger charge is -2.50. The van der Waals surface area contributed by atoms with E-state index in [-0.39, 0.29) is 35.1 Å². The van der Waals surface area contributed by atoms with Gasteiger partial charge in [0, 0.05) is 11.5 Å². The number of benzene rings is 2. The van der Waals surface area contributed by atoms with E-state index in [0.717, 1.165) is 16.7 Å². The number of nitrogens with zero attached hydrogens (tertiary/aromatic N) is 1. The van der Waals surface area contributed by atoms with Gasteiger partial charge in [0.05, 0.1) is 11.6 Å². The Bertz CT molecular complexity index is 1530. The van der Waals surface area contributed by atoms with Crippen molar-refractivity contribution in [3.05, 3.63) is 70.0 Å². The highest BCUT2D eigenvalue weighted by Crippen LogP contribution is 2.53. The molecule has 0 radical (unpaired) electrons. The first-order valence-electron chi connectivity index (χ1n) is 13.2. The number of likely N-dealkylation sites (N-methyl/N-ethyl adjacent to an activating group) is 1. The summed E-state index contributed by atoms with van der Waals surface area (Å²) < 4.78 is 0. The summed E-state index contributed by atoms with van der Waals surface area (Å²) in [5, 5.41) is 44.9. The quantitative estimate of drug-likeness (QED) is 0.367. The van der Waals surface area contributed by atoms with Crippen LogP contribution in [0, 0.1) is 11.8 Å². The SMILES string of the molecule is CN(C)[C@@H]1C(=O)C(C(N)=O)=C(O)[C@@]2(O)C(=O)C3=C(O)c4c(O)ccc(-c5ccc(C(C)(C)C)cc5)c4CC3CC12. The number of amides is 1. The number of fused-ring (bicyclic) bond motifs is 3. The fourth-order valence-corrected chi connectivity index (χ4v) is 6.66. The Kier molecular flexibility index (Phi) is 6.24. The molecule has 0 aromatic heterocycles. The summed E-state index contributed by atoms with van der Waals surface area (Å²) in [5.41, 5.74) is 5.18. The normalized spacial score (nSPS) is 26.5. The molecule has 0 aliphatic heterocycles. The molecule has 2 unspecified atom stereocenters. The van der Waals surface area contributed by atoms with Crippen molar-refractivity contribution in [1.29, 1.82) is 0 Å². The van der Waals surface area contributed by atoms with E-state index in [2.05, 4.69) is 20.8 Å². The lowest BCUT2D eigenvalue weighted by Crippen LogP contribution is -2.65. The van der Waals surface area contributed by atoms with Gasteiger partial charge in [-0.2, -0.15) is 0 Å². The molecule has 0 spiro atoms. The van der Waals surface area contributed by atoms with E-state index in [1.54, 1.807) is 20.2 Å². The van der Waals surface area contributed by atoms with Crippen LogP contribution in [-0.4, -0.2) is 68.5 Å². The number of primary amides is 1. The van der Waals surface area contributed by atoms with E-state index in [4.69, 9.17) is 5.73 Å². The van der Waals surface area contributed by atoms with E-state index in [1.165, 1.54) is 11.0 Å². The molecule has 9 nitrogen and oxygen atoms in total. The van der Waals surface area contributed by atoms with Crippen LogP contribution in [-0.2, 0) is 26.2 Å². The molecule has 2 aromatic rings. The highest BCUT2D eigenvalue weighted by Gasteiger charge is 2.64. The van der Waals surface area contributed by atoms with Crippen molar-refractivity contribution < 1.29 is 34.8 Å². The summed E-state index contributed by atoms with van der Waals surface area (Å²) in [6.45, 7) is 6.35. The molecule has 5 rings (SSSR count). The van der Waals surface area contributed by atoms with Gasteiger partial charge in [-0.05, 0) is 66.6 Å². The minimum Gasteiger partial charge on any atom is -0.508 e. The number of hydrogen-bond donors (Lipinski definition) is 5. The van der Waals surface area contributed by atoms with Crippen molar-refractivity contribution in [1.82, 2.24) is 4.90 Å². The molecule has 9 heteroatoms. The standard InChI is InChI=1S/C31H34N2O7/c1-30(2,3)16-8-6-14(7-9-16)17-10-11-20(34)22-18(17)12-15-13-19-24(33(4)5)26(36)23(29(32)39)28(38)31(19,40)27(37)21(15)25(22)35/h6-11,15,19,24,34-35,38,40H,12-13H2,1-5H3,(H2,32,39)/t15?,19?,24-,31-/m0/s1. The van der Waals surface area contributed by atoms with E-state index < -0.39 is 58.0 Å². The number of aliphatic hydroxyl groups is 3. The fraction of sp³-hybridized carbons (Fsp3) is 0.387. The van der Waals surface area contributed by atoms with Gasteiger partial charge in [-0.25, -0.2) is 0 Å². The molecule has 1 fully saturated rings. The van der Waals surface area contributed by atoms with Crippen LogP contribution in [0.2, 0.25) is 0 Å². The number of aromatic hydroxyl groups is 1. The summed E-state index contributed by atoms with van der Waals surface area (Å²) >= 11 is 0. The second kappa shape index (κ2) is 9.04. The number of ketones is 2. The van der Waals surface area contributed by atoms with Crippen molar-refractivity contribution >= 4 is 23.2 Å². The first-order chi connectivity index (χ1) is 18.6. The Morgan fingerprint density at radius 2 is 1.65 bits per heavy atom. The Labute approximate surface area is 232 Å². The lowest BCUT2D eigenvalue weighted by atomic mass is 9.57.